The topological polar surface area (TPSA) is 49.3 Å². The molecule has 0 aliphatic carbocycles. The minimum Gasteiger partial charge on any atom is -0.506 e. The molecular weight excluding hydrogens is 357 g/mol. The van der Waals surface area contributed by atoms with Crippen molar-refractivity contribution in [2.24, 2.45) is 0 Å². The second-order valence-corrected chi connectivity index (χ2v) is 6.48. The largest absolute Gasteiger partial charge is 0.506 e. The molecule has 3 aromatic rings. The normalized spacial score (nSPS) is 10.5. The number of nitrogens with one attached hydrogen (secondary N) is 1. The second kappa shape index (κ2) is 7.18. The summed E-state index contributed by atoms with van der Waals surface area (Å²) >= 11 is 12.2. The van der Waals surface area contributed by atoms with Gasteiger partial charge in [0.1, 0.15) is 5.75 Å². The van der Waals surface area contributed by atoms with Crippen molar-refractivity contribution in [3.05, 3.63) is 81.8 Å². The lowest BCUT2D eigenvalue weighted by Gasteiger charge is -2.12. The molecule has 0 aromatic heterocycles. The summed E-state index contributed by atoms with van der Waals surface area (Å²) in [6.07, 6.45) is 0. The summed E-state index contributed by atoms with van der Waals surface area (Å²) in [5.74, 6) is -0.580. The number of amides is 1. The van der Waals surface area contributed by atoms with Gasteiger partial charge in [0.25, 0.3) is 5.91 Å². The van der Waals surface area contributed by atoms with Crippen molar-refractivity contribution in [1.82, 2.24) is 0 Å². The maximum Gasteiger partial charge on any atom is 0.259 e. The summed E-state index contributed by atoms with van der Waals surface area (Å²) in [6.45, 7) is 1.88. The number of rotatable bonds is 3. The first-order valence-electron chi connectivity index (χ1n) is 7.61. The van der Waals surface area contributed by atoms with Gasteiger partial charge in [-0.3, -0.25) is 4.79 Å². The van der Waals surface area contributed by atoms with Crippen LogP contribution in [0, 0.1) is 6.92 Å². The first kappa shape index (κ1) is 17.3. The van der Waals surface area contributed by atoms with Crippen LogP contribution in [0.3, 0.4) is 0 Å². The average Bonchev–Trinajstić information content (AvgIpc) is 2.60. The minimum absolute atomic E-state index is 0.100. The van der Waals surface area contributed by atoms with Crippen LogP contribution in [0.2, 0.25) is 10.0 Å². The van der Waals surface area contributed by atoms with E-state index in [0.29, 0.717) is 21.3 Å². The number of phenolic OH excluding ortho intramolecular Hbond substituents is 1. The fourth-order valence-corrected chi connectivity index (χ4v) is 2.88. The average molecular weight is 372 g/mol. The highest BCUT2D eigenvalue weighted by molar-refractivity contribution is 6.32. The number of halogens is 2. The molecule has 0 aliphatic heterocycles. The smallest absolute Gasteiger partial charge is 0.259 e. The number of carbonyl (C=O) groups is 1. The molecule has 0 spiro atoms. The number of benzene rings is 3. The predicted molar refractivity (Wildman–Crippen MR) is 103 cm³/mol. The number of aryl methyl sites for hydroxylation is 1. The molecule has 5 heteroatoms. The van der Waals surface area contributed by atoms with Crippen LogP contribution in [0.5, 0.6) is 5.75 Å². The first-order chi connectivity index (χ1) is 12.0. The lowest BCUT2D eigenvalue weighted by molar-refractivity contribution is 0.102. The number of aromatic hydroxyl groups is 1. The standard InChI is InChI=1S/C20H15Cl2NO2/c1-12-7-8-15(11-18(12)22)23-20(25)17-10-14(21)9-16(19(17)24)13-5-3-2-4-6-13/h2-11,24H,1H3,(H,23,25). The van der Waals surface area contributed by atoms with Gasteiger partial charge in [-0.1, -0.05) is 59.6 Å². The zero-order valence-electron chi connectivity index (χ0n) is 13.4. The summed E-state index contributed by atoms with van der Waals surface area (Å²) in [7, 11) is 0. The van der Waals surface area contributed by atoms with Crippen molar-refractivity contribution in [3.8, 4) is 16.9 Å². The zero-order valence-corrected chi connectivity index (χ0v) is 14.9. The number of carbonyl (C=O) groups excluding carboxylic acids is 1. The van der Waals surface area contributed by atoms with Crippen LogP contribution in [-0.4, -0.2) is 11.0 Å². The molecule has 0 radical (unpaired) electrons. The third kappa shape index (κ3) is 3.78. The number of phenols is 1. The van der Waals surface area contributed by atoms with Crippen molar-refractivity contribution < 1.29 is 9.90 Å². The summed E-state index contributed by atoms with van der Waals surface area (Å²) in [4.78, 5) is 12.6. The van der Waals surface area contributed by atoms with Crippen molar-refractivity contribution in [1.29, 1.82) is 0 Å². The third-order valence-electron chi connectivity index (χ3n) is 3.83. The molecular formula is C20H15Cl2NO2. The fourth-order valence-electron chi connectivity index (χ4n) is 2.48. The Labute approximate surface area is 155 Å². The van der Waals surface area contributed by atoms with E-state index in [1.165, 1.54) is 6.07 Å². The van der Waals surface area contributed by atoms with E-state index in [4.69, 9.17) is 23.2 Å². The van der Waals surface area contributed by atoms with E-state index in [9.17, 15) is 9.90 Å². The SMILES string of the molecule is Cc1ccc(NC(=O)c2cc(Cl)cc(-c3ccccc3)c2O)cc1Cl. The molecule has 25 heavy (non-hydrogen) atoms. The quantitative estimate of drug-likeness (QED) is 0.599. The zero-order chi connectivity index (χ0) is 18.0. The Bertz CT molecular complexity index is 940. The molecule has 0 heterocycles. The second-order valence-electron chi connectivity index (χ2n) is 5.63. The van der Waals surface area contributed by atoms with Gasteiger partial charge in [0.2, 0.25) is 0 Å². The minimum atomic E-state index is -0.461. The summed E-state index contributed by atoms with van der Waals surface area (Å²) in [6, 6.07) is 17.5. The Morgan fingerprint density at radius 3 is 2.40 bits per heavy atom. The molecule has 3 aromatic carbocycles. The molecule has 2 N–H and O–H groups in total. The summed E-state index contributed by atoms with van der Waals surface area (Å²) in [5, 5.41) is 14.2. The molecule has 3 nitrogen and oxygen atoms in total. The number of hydrogen-bond acceptors (Lipinski definition) is 2. The van der Waals surface area contributed by atoms with Crippen LogP contribution in [0.25, 0.3) is 11.1 Å². The third-order valence-corrected chi connectivity index (χ3v) is 4.46. The molecule has 0 atom stereocenters. The molecule has 0 saturated heterocycles. The molecule has 0 aliphatic rings. The van der Waals surface area contributed by atoms with E-state index in [1.807, 2.05) is 43.3 Å². The van der Waals surface area contributed by atoms with Crippen LogP contribution in [0.1, 0.15) is 15.9 Å². The molecule has 1 amide bonds. The van der Waals surface area contributed by atoms with Gasteiger partial charge in [0.15, 0.2) is 0 Å². The van der Waals surface area contributed by atoms with Crippen LogP contribution in [0.15, 0.2) is 60.7 Å². The summed E-state index contributed by atoms with van der Waals surface area (Å²) < 4.78 is 0. The lowest BCUT2D eigenvalue weighted by atomic mass is 10.0. The highest BCUT2D eigenvalue weighted by Crippen LogP contribution is 2.35. The molecule has 0 unspecified atom stereocenters. The van der Waals surface area contributed by atoms with Gasteiger partial charge in [-0.2, -0.15) is 0 Å². The maximum absolute atomic E-state index is 12.6. The van der Waals surface area contributed by atoms with Gasteiger partial charge < -0.3 is 10.4 Å². The van der Waals surface area contributed by atoms with Gasteiger partial charge in [-0.25, -0.2) is 0 Å². The monoisotopic (exact) mass is 371 g/mol. The Balaban J connectivity index is 1.97. The van der Waals surface area contributed by atoms with Crippen LogP contribution >= 0.6 is 23.2 Å². The van der Waals surface area contributed by atoms with Gasteiger partial charge in [-0.05, 0) is 42.3 Å². The van der Waals surface area contributed by atoms with Gasteiger partial charge in [-0.15, -0.1) is 0 Å². The lowest BCUT2D eigenvalue weighted by Crippen LogP contribution is -2.12. The van der Waals surface area contributed by atoms with E-state index in [-0.39, 0.29) is 11.3 Å². The van der Waals surface area contributed by atoms with E-state index in [2.05, 4.69) is 5.32 Å². The van der Waals surface area contributed by atoms with Crippen molar-refractivity contribution >= 4 is 34.8 Å². The molecule has 126 valence electrons. The molecule has 3 rings (SSSR count). The Kier molecular flexibility index (Phi) is 4.98. The van der Waals surface area contributed by atoms with Crippen LogP contribution in [0.4, 0.5) is 5.69 Å². The molecule has 0 bridgehead atoms. The molecule has 0 fully saturated rings. The number of hydrogen-bond donors (Lipinski definition) is 2. The van der Waals surface area contributed by atoms with Gasteiger partial charge in [0, 0.05) is 21.3 Å². The van der Waals surface area contributed by atoms with Crippen molar-refractivity contribution in [3.63, 3.8) is 0 Å². The molecule has 0 saturated carbocycles. The van der Waals surface area contributed by atoms with E-state index >= 15 is 0 Å². The summed E-state index contributed by atoms with van der Waals surface area (Å²) in [5.41, 5.74) is 2.83. The fraction of sp³-hybridized carbons (Fsp3) is 0.0500. The highest BCUT2D eigenvalue weighted by atomic mass is 35.5. The van der Waals surface area contributed by atoms with E-state index in [0.717, 1.165) is 11.1 Å². The van der Waals surface area contributed by atoms with E-state index in [1.54, 1.807) is 18.2 Å². The van der Waals surface area contributed by atoms with Crippen molar-refractivity contribution in [2.45, 2.75) is 6.92 Å². The van der Waals surface area contributed by atoms with Gasteiger partial charge in [0.05, 0.1) is 5.56 Å². The number of anilines is 1. The van der Waals surface area contributed by atoms with Gasteiger partial charge >= 0.3 is 0 Å². The predicted octanol–water partition coefficient (Wildman–Crippen LogP) is 5.93. The van der Waals surface area contributed by atoms with Crippen LogP contribution in [-0.2, 0) is 0 Å². The maximum atomic E-state index is 12.6. The van der Waals surface area contributed by atoms with E-state index < -0.39 is 5.91 Å². The first-order valence-corrected chi connectivity index (χ1v) is 8.37. The van der Waals surface area contributed by atoms with Crippen molar-refractivity contribution in [2.75, 3.05) is 5.32 Å². The highest BCUT2D eigenvalue weighted by Gasteiger charge is 2.17. The Morgan fingerprint density at radius 1 is 1.00 bits per heavy atom. The van der Waals surface area contributed by atoms with Crippen LogP contribution < -0.4 is 5.32 Å². The Morgan fingerprint density at radius 2 is 1.72 bits per heavy atom. The Hall–Kier alpha value is -2.49.